The normalized spacial score (nSPS) is 11.3. The Labute approximate surface area is 189 Å². The number of alkyl halides is 3. The van der Waals surface area contributed by atoms with Crippen molar-refractivity contribution in [1.29, 1.82) is 0 Å². The predicted octanol–water partition coefficient (Wildman–Crippen LogP) is 6.88. The van der Waals surface area contributed by atoms with Crippen molar-refractivity contribution in [2.75, 3.05) is 10.6 Å². The summed E-state index contributed by atoms with van der Waals surface area (Å²) in [5, 5.41) is 3.94. The third kappa shape index (κ3) is 5.29. The molecule has 33 heavy (non-hydrogen) atoms. The van der Waals surface area contributed by atoms with Gasteiger partial charge in [-0.3, -0.25) is 9.97 Å². The molecule has 1 aromatic heterocycles. The average Bonchev–Trinajstić information content (AvgIpc) is 2.76. The fourth-order valence-electron chi connectivity index (χ4n) is 2.91. The lowest BCUT2D eigenvalue weighted by Crippen LogP contribution is -2.20. The second-order valence-corrected chi connectivity index (χ2v) is 7.13. The third-order valence-electron chi connectivity index (χ3n) is 4.39. The second-order valence-electron chi connectivity index (χ2n) is 6.72. The maximum absolute atomic E-state index is 14.5. The van der Waals surface area contributed by atoms with E-state index in [2.05, 4.69) is 20.6 Å². The average molecular weight is 477 g/mol. The summed E-state index contributed by atoms with van der Waals surface area (Å²) in [7, 11) is 0. The second kappa shape index (κ2) is 8.91. The third-order valence-corrected chi connectivity index (χ3v) is 4.72. The van der Waals surface area contributed by atoms with Gasteiger partial charge in [0.1, 0.15) is 17.3 Å². The molecule has 1 heterocycles. The standard InChI is InChI=1S/C22H13ClF4N4O2/c23-16-4-1-12(9-15(16)22(25,26)27)30-21(32)31-18-5-2-13(10-17(18)24)33-14-3-6-19-20(11-14)29-8-7-28-19/h1-11H,(H2,30,31,32). The van der Waals surface area contributed by atoms with Gasteiger partial charge in [-0.25, -0.2) is 9.18 Å². The van der Waals surface area contributed by atoms with Crippen LogP contribution in [0.25, 0.3) is 11.0 Å². The molecule has 3 aromatic carbocycles. The lowest BCUT2D eigenvalue weighted by Gasteiger charge is -2.13. The zero-order valence-corrected chi connectivity index (χ0v) is 17.2. The summed E-state index contributed by atoms with van der Waals surface area (Å²) in [5.41, 5.74) is -0.196. The number of urea groups is 1. The van der Waals surface area contributed by atoms with Crippen molar-refractivity contribution < 1.29 is 27.1 Å². The zero-order valence-electron chi connectivity index (χ0n) is 16.5. The molecule has 0 saturated carbocycles. The number of ether oxygens (including phenoxy) is 1. The lowest BCUT2D eigenvalue weighted by atomic mass is 10.2. The SMILES string of the molecule is O=C(Nc1ccc(Cl)c(C(F)(F)F)c1)Nc1ccc(Oc2ccc3nccnc3c2)cc1F. The van der Waals surface area contributed by atoms with Crippen LogP contribution in [0.1, 0.15) is 5.56 Å². The van der Waals surface area contributed by atoms with E-state index < -0.39 is 28.6 Å². The number of amides is 2. The number of fused-ring (bicyclic) bond motifs is 1. The van der Waals surface area contributed by atoms with Crippen LogP contribution in [-0.4, -0.2) is 16.0 Å². The quantitative estimate of drug-likeness (QED) is 0.315. The molecule has 11 heteroatoms. The summed E-state index contributed by atoms with van der Waals surface area (Å²) >= 11 is 5.55. The molecule has 0 aliphatic carbocycles. The molecule has 6 nitrogen and oxygen atoms in total. The number of aromatic nitrogens is 2. The molecule has 0 radical (unpaired) electrons. The summed E-state index contributed by atoms with van der Waals surface area (Å²) in [4.78, 5) is 20.4. The van der Waals surface area contributed by atoms with Gasteiger partial charge in [-0.1, -0.05) is 11.6 Å². The minimum atomic E-state index is -4.69. The van der Waals surface area contributed by atoms with Crippen molar-refractivity contribution in [3.05, 3.63) is 83.4 Å². The molecule has 0 atom stereocenters. The van der Waals surface area contributed by atoms with E-state index in [1.165, 1.54) is 24.4 Å². The lowest BCUT2D eigenvalue weighted by molar-refractivity contribution is -0.137. The van der Waals surface area contributed by atoms with Crippen LogP contribution in [0.5, 0.6) is 11.5 Å². The van der Waals surface area contributed by atoms with Gasteiger partial charge in [0, 0.05) is 30.2 Å². The molecule has 0 fully saturated rings. The van der Waals surface area contributed by atoms with E-state index in [-0.39, 0.29) is 17.1 Å². The largest absolute Gasteiger partial charge is 0.457 e. The highest BCUT2D eigenvalue weighted by atomic mass is 35.5. The number of anilines is 2. The van der Waals surface area contributed by atoms with Gasteiger partial charge in [0.15, 0.2) is 0 Å². The van der Waals surface area contributed by atoms with Crippen LogP contribution in [0.15, 0.2) is 67.0 Å². The summed E-state index contributed by atoms with van der Waals surface area (Å²) < 4.78 is 59.0. The molecule has 2 N–H and O–H groups in total. The van der Waals surface area contributed by atoms with Crippen LogP contribution in [0.2, 0.25) is 5.02 Å². The molecule has 4 rings (SSSR count). The van der Waals surface area contributed by atoms with Crippen LogP contribution in [0.3, 0.4) is 0 Å². The Balaban J connectivity index is 1.44. The van der Waals surface area contributed by atoms with E-state index in [0.29, 0.717) is 22.8 Å². The molecule has 4 aromatic rings. The van der Waals surface area contributed by atoms with Crippen molar-refractivity contribution in [2.45, 2.75) is 6.18 Å². The minimum absolute atomic E-state index is 0.161. The topological polar surface area (TPSA) is 76.1 Å². The van der Waals surface area contributed by atoms with E-state index >= 15 is 0 Å². The first-order chi connectivity index (χ1) is 15.7. The number of carbonyl (C=O) groups excluding carboxylic acids is 1. The number of nitrogens with one attached hydrogen (secondary N) is 2. The van der Waals surface area contributed by atoms with Crippen LogP contribution >= 0.6 is 11.6 Å². The fourth-order valence-corrected chi connectivity index (χ4v) is 3.13. The Morgan fingerprint density at radius 3 is 2.30 bits per heavy atom. The van der Waals surface area contributed by atoms with E-state index in [9.17, 15) is 22.4 Å². The van der Waals surface area contributed by atoms with Gasteiger partial charge >= 0.3 is 12.2 Å². The van der Waals surface area contributed by atoms with Crippen molar-refractivity contribution in [3.63, 3.8) is 0 Å². The van der Waals surface area contributed by atoms with Crippen molar-refractivity contribution in [1.82, 2.24) is 9.97 Å². The molecule has 0 unspecified atom stereocenters. The van der Waals surface area contributed by atoms with E-state index in [0.717, 1.165) is 12.1 Å². The Kier molecular flexibility index (Phi) is 6.01. The summed E-state index contributed by atoms with van der Waals surface area (Å²) in [5.74, 6) is -0.242. The molecule has 0 bridgehead atoms. The number of hydrogen-bond acceptors (Lipinski definition) is 4. The summed E-state index contributed by atoms with van der Waals surface area (Å²) in [6.45, 7) is 0. The van der Waals surface area contributed by atoms with Gasteiger partial charge in [-0.15, -0.1) is 0 Å². The van der Waals surface area contributed by atoms with Gasteiger partial charge in [-0.2, -0.15) is 13.2 Å². The number of rotatable bonds is 4. The zero-order chi connectivity index (χ0) is 23.6. The highest BCUT2D eigenvalue weighted by molar-refractivity contribution is 6.31. The Morgan fingerprint density at radius 2 is 1.58 bits per heavy atom. The molecule has 0 aliphatic rings. The van der Waals surface area contributed by atoms with E-state index in [4.69, 9.17) is 16.3 Å². The van der Waals surface area contributed by atoms with Gasteiger partial charge < -0.3 is 15.4 Å². The van der Waals surface area contributed by atoms with Crippen molar-refractivity contribution >= 4 is 40.0 Å². The van der Waals surface area contributed by atoms with Gasteiger partial charge in [0.2, 0.25) is 0 Å². The molecular formula is C22H13ClF4N4O2. The number of hydrogen-bond donors (Lipinski definition) is 2. The first-order valence-corrected chi connectivity index (χ1v) is 9.70. The van der Waals surface area contributed by atoms with Crippen molar-refractivity contribution in [2.24, 2.45) is 0 Å². The smallest absolute Gasteiger partial charge is 0.417 e. The molecule has 2 amide bonds. The molecule has 168 valence electrons. The molecule has 0 aliphatic heterocycles. The van der Waals surface area contributed by atoms with Crippen LogP contribution in [-0.2, 0) is 6.18 Å². The number of benzene rings is 3. The van der Waals surface area contributed by atoms with E-state index in [1.54, 1.807) is 24.4 Å². The monoisotopic (exact) mass is 476 g/mol. The molecular weight excluding hydrogens is 464 g/mol. The Bertz CT molecular complexity index is 1350. The Morgan fingerprint density at radius 1 is 0.879 bits per heavy atom. The van der Waals surface area contributed by atoms with Crippen molar-refractivity contribution in [3.8, 4) is 11.5 Å². The first-order valence-electron chi connectivity index (χ1n) is 9.32. The van der Waals surface area contributed by atoms with Crippen LogP contribution < -0.4 is 15.4 Å². The van der Waals surface area contributed by atoms with E-state index in [1.807, 2.05) is 0 Å². The van der Waals surface area contributed by atoms with Gasteiger partial charge in [-0.05, 0) is 42.5 Å². The summed E-state index contributed by atoms with van der Waals surface area (Å²) in [6.07, 6.45) is -1.60. The van der Waals surface area contributed by atoms with Gasteiger partial charge in [0.05, 0.1) is 27.3 Å². The van der Waals surface area contributed by atoms with Crippen LogP contribution in [0.4, 0.5) is 33.7 Å². The maximum atomic E-state index is 14.5. The Hall–Kier alpha value is -3.92. The fraction of sp³-hybridized carbons (Fsp3) is 0.0455. The highest BCUT2D eigenvalue weighted by Gasteiger charge is 2.33. The van der Waals surface area contributed by atoms with Crippen LogP contribution in [0, 0.1) is 5.82 Å². The highest BCUT2D eigenvalue weighted by Crippen LogP contribution is 2.36. The molecule has 0 saturated heterocycles. The first kappa shape index (κ1) is 22.3. The maximum Gasteiger partial charge on any atom is 0.417 e. The number of carbonyl (C=O) groups is 1. The summed E-state index contributed by atoms with van der Waals surface area (Å²) in [6, 6.07) is 10.7. The number of halogens is 5. The minimum Gasteiger partial charge on any atom is -0.457 e. The van der Waals surface area contributed by atoms with Gasteiger partial charge in [0.25, 0.3) is 0 Å². The number of nitrogens with zero attached hydrogens (tertiary/aromatic N) is 2. The predicted molar refractivity (Wildman–Crippen MR) is 115 cm³/mol. The molecule has 0 spiro atoms.